The van der Waals surface area contributed by atoms with Crippen molar-refractivity contribution >= 4 is 11.5 Å². The number of aromatic nitrogens is 2. The number of ketones is 1. The fourth-order valence-electron chi connectivity index (χ4n) is 4.37. The van der Waals surface area contributed by atoms with Crippen molar-refractivity contribution in [2.45, 2.75) is 159 Å². The van der Waals surface area contributed by atoms with Crippen LogP contribution in [0.25, 0.3) is 5.70 Å². The van der Waals surface area contributed by atoms with Crippen LogP contribution in [0.1, 0.15) is 173 Å². The molecule has 4 nitrogen and oxygen atoms in total. The molecule has 1 heterocycles. The Morgan fingerprint density at radius 3 is 1.94 bits per heavy atom. The monoisotopic (exact) mass is 875 g/mol. The zero-order valence-corrected chi connectivity index (χ0v) is 36.7. The van der Waals surface area contributed by atoms with Crippen LogP contribution >= 0.6 is 0 Å². The van der Waals surface area contributed by atoms with E-state index in [1.165, 1.54) is 63.4 Å². The van der Waals surface area contributed by atoms with Crippen molar-refractivity contribution in [3.05, 3.63) is 78.4 Å². The van der Waals surface area contributed by atoms with Crippen molar-refractivity contribution in [2.75, 3.05) is 7.11 Å². The summed E-state index contributed by atoms with van der Waals surface area (Å²) in [5, 5.41) is 4.62. The van der Waals surface area contributed by atoms with Gasteiger partial charge in [-0.15, -0.1) is 0 Å². The Balaban J connectivity index is -0.000000786. The number of unbranched alkanes of at least 4 members (excludes halogenated alkanes) is 3. The molecule has 1 aliphatic carbocycles. The number of Topliss-reactive ketones (excluding diaryl/α,β-unsaturated/α-hetero) is 1. The molecule has 1 aromatic heterocycles. The van der Waals surface area contributed by atoms with Gasteiger partial charge in [-0.25, -0.2) is 4.68 Å². The molecule has 3 rings (SSSR count). The van der Waals surface area contributed by atoms with Gasteiger partial charge in [-0.1, -0.05) is 130 Å². The molecule has 0 radical (unpaired) electrons. The maximum absolute atomic E-state index is 12.3. The van der Waals surface area contributed by atoms with Gasteiger partial charge in [0.25, 0.3) is 0 Å². The van der Waals surface area contributed by atoms with Crippen LogP contribution in [-0.4, -0.2) is 22.7 Å². The Bertz CT molecular complexity index is 1090. The van der Waals surface area contributed by atoms with Gasteiger partial charge < -0.3 is 18.6 Å². The normalized spacial score (nSPS) is 12.8. The van der Waals surface area contributed by atoms with Gasteiger partial charge in [0.2, 0.25) is 0 Å². The number of carbonyl (C=O) groups excluding carboxylic acids is 1. The number of hydrogen-bond acceptors (Lipinski definition) is 3. The molecule has 2 aromatic rings. The topological polar surface area (TPSA) is 44.1 Å². The van der Waals surface area contributed by atoms with E-state index in [1.807, 2.05) is 50.6 Å². The number of methoxy groups -OCH3 is 1. The van der Waals surface area contributed by atoms with Gasteiger partial charge in [0, 0.05) is 17.7 Å². The first kappa shape index (κ1) is 49.8. The van der Waals surface area contributed by atoms with E-state index in [-0.39, 0.29) is 36.9 Å². The zero-order valence-electron chi connectivity index (χ0n) is 32.6. The van der Waals surface area contributed by atoms with Crippen LogP contribution in [0.2, 0.25) is 0 Å². The molecule has 0 aliphatic heterocycles. The van der Waals surface area contributed by atoms with Gasteiger partial charge in [-0.05, 0) is 63.3 Å². The number of rotatable bonds is 11. The first-order valence-electron chi connectivity index (χ1n) is 18.3. The second-order valence-electron chi connectivity index (χ2n) is 12.3. The van der Waals surface area contributed by atoms with Crippen LogP contribution in [0.15, 0.2) is 42.0 Å². The molecule has 0 bridgehead atoms. The molecule has 0 amide bonds. The minimum absolute atomic E-state index is 0. The number of aryl methyl sites for hydroxylation is 2. The maximum atomic E-state index is 12.3. The molecule has 0 saturated heterocycles. The number of benzene rings is 1. The van der Waals surface area contributed by atoms with E-state index in [0.29, 0.717) is 12.1 Å². The smallest absolute Gasteiger partial charge is 0.496 e. The van der Waals surface area contributed by atoms with Gasteiger partial charge in [-0.3, -0.25) is 4.79 Å². The molecule has 1 saturated carbocycles. The molecule has 5 heteroatoms. The Hall–Kier alpha value is -1.57. The first-order chi connectivity index (χ1) is 22.0. The molecule has 1 aliphatic rings. The molecule has 47 heavy (non-hydrogen) atoms. The summed E-state index contributed by atoms with van der Waals surface area (Å²) in [6, 6.07) is 7.99. The summed E-state index contributed by atoms with van der Waals surface area (Å²) in [6.07, 6.45) is 21.2. The largest absolute Gasteiger partial charge is 2.00 e. The molecular weight excluding hydrogens is 803 g/mol. The van der Waals surface area contributed by atoms with E-state index in [4.69, 9.17) is 4.74 Å². The van der Waals surface area contributed by atoms with Gasteiger partial charge in [0.15, 0.2) is 5.78 Å². The Morgan fingerprint density at radius 2 is 1.53 bits per heavy atom. The summed E-state index contributed by atoms with van der Waals surface area (Å²) < 4.78 is 7.35. The molecule has 1 fully saturated rings. The Kier molecular flexibility index (Phi) is 34.9. The molecule has 0 spiro atoms. The van der Waals surface area contributed by atoms with E-state index in [0.717, 1.165) is 59.9 Å². The van der Waals surface area contributed by atoms with Crippen LogP contribution < -0.4 is 4.74 Å². The summed E-state index contributed by atoms with van der Waals surface area (Å²) in [5.41, 5.74) is 5.74. The Morgan fingerprint density at radius 1 is 0.936 bits per heavy atom. The fraction of sp³-hybridized carbons (Fsp3) is 0.619. The number of ether oxygens (including phenoxy) is 1. The minimum atomic E-state index is 0. The van der Waals surface area contributed by atoms with Crippen molar-refractivity contribution in [3.8, 4) is 5.75 Å². The third kappa shape index (κ3) is 23.4. The van der Waals surface area contributed by atoms with E-state index in [1.54, 1.807) is 7.11 Å². The van der Waals surface area contributed by atoms with E-state index >= 15 is 0 Å². The van der Waals surface area contributed by atoms with Crippen molar-refractivity contribution in [1.29, 1.82) is 0 Å². The average molecular weight is 875 g/mol. The molecular formula is C42H72N2O2U. The van der Waals surface area contributed by atoms with Crippen LogP contribution in [0, 0.1) is 64.7 Å². The van der Waals surface area contributed by atoms with E-state index < -0.39 is 0 Å². The second-order valence-corrected chi connectivity index (χ2v) is 12.3. The summed E-state index contributed by atoms with van der Waals surface area (Å²) in [5.74, 6) is 1.95. The fourth-order valence-corrected chi connectivity index (χ4v) is 4.37. The first-order valence-corrected chi connectivity index (χ1v) is 18.3. The summed E-state index contributed by atoms with van der Waals surface area (Å²) in [6.45, 7) is 28.3. The SMILES string of the molecule is CC1CCCCC1.CCCC.CCCC(=O)c1cc(C)n(/C(=C\C=C(C)CC)c2ccc(C)c(OC)c2)n1.[CH2-]CC.[CH2-]CCCC.[U+2]. The van der Waals surface area contributed by atoms with Crippen LogP contribution in [-0.2, 0) is 0 Å². The summed E-state index contributed by atoms with van der Waals surface area (Å²) >= 11 is 0. The molecule has 266 valence electrons. The molecule has 0 N–H and O–H groups in total. The predicted octanol–water partition coefficient (Wildman–Crippen LogP) is 13.4. The van der Waals surface area contributed by atoms with Crippen molar-refractivity contribution in [1.82, 2.24) is 9.78 Å². The number of hydrogen-bond donors (Lipinski definition) is 0. The average Bonchev–Trinajstić information content (AvgIpc) is 3.44. The molecule has 0 unspecified atom stereocenters. The molecule has 0 atom stereocenters. The number of nitrogens with zero attached hydrogens (tertiary/aromatic N) is 2. The molecule has 1 aromatic carbocycles. The van der Waals surface area contributed by atoms with Gasteiger partial charge in [-0.2, -0.15) is 17.9 Å². The van der Waals surface area contributed by atoms with Crippen molar-refractivity contribution < 1.29 is 40.6 Å². The van der Waals surface area contributed by atoms with Crippen LogP contribution in [0.4, 0.5) is 0 Å². The van der Waals surface area contributed by atoms with Crippen molar-refractivity contribution in [3.63, 3.8) is 0 Å². The summed E-state index contributed by atoms with van der Waals surface area (Å²) in [7, 11) is 1.68. The predicted molar refractivity (Wildman–Crippen MR) is 205 cm³/mol. The maximum Gasteiger partial charge on any atom is 2.00 e. The second kappa shape index (κ2) is 33.0. The Labute approximate surface area is 316 Å². The quantitative estimate of drug-likeness (QED) is 0.128. The zero-order chi connectivity index (χ0) is 35.3. The number of allylic oxidation sites excluding steroid dienone is 3. The van der Waals surface area contributed by atoms with Gasteiger partial charge in [0.1, 0.15) is 11.4 Å². The number of carbonyl (C=O) groups is 1. The van der Waals surface area contributed by atoms with E-state index in [9.17, 15) is 4.79 Å². The van der Waals surface area contributed by atoms with Gasteiger partial charge >= 0.3 is 31.1 Å². The summed E-state index contributed by atoms with van der Waals surface area (Å²) in [4.78, 5) is 12.3. The minimum Gasteiger partial charge on any atom is -0.496 e. The standard InChI is InChI=1S/C23H30N2O2.C7H14.C5H11.C4H10.C3H7.U/c1-7-9-22(26)20-14-18(5)25(24-20)21(13-10-16(3)8-2)19-12-11-17(4)23(15-19)27-6;1-7-5-3-2-4-6-7;1-3-5-4-2;1-3-4-2;1-3-2;/h10-15H,7-9H2,1-6H3;7H,2-6H2,1H3;1,3-5H2,2H3;3-4H2,1-2H3;1,3H2,2H3;/q;;-1;;-1;+2/b16-10?,21-13-;;;;;. The van der Waals surface area contributed by atoms with Crippen molar-refractivity contribution in [2.24, 2.45) is 5.92 Å². The third-order valence-electron chi connectivity index (χ3n) is 7.66. The van der Waals surface area contributed by atoms with E-state index in [2.05, 4.69) is 78.7 Å². The van der Waals surface area contributed by atoms with Crippen LogP contribution in [0.3, 0.4) is 0 Å². The van der Waals surface area contributed by atoms with Crippen LogP contribution in [0.5, 0.6) is 5.75 Å². The van der Waals surface area contributed by atoms with Gasteiger partial charge in [0.05, 0.1) is 12.8 Å². The third-order valence-corrected chi connectivity index (χ3v) is 7.66.